The summed E-state index contributed by atoms with van der Waals surface area (Å²) in [6.07, 6.45) is 8.34. The van der Waals surface area contributed by atoms with Gasteiger partial charge in [0.1, 0.15) is 0 Å². The molecular formula is C18H30N2S. The Kier molecular flexibility index (Phi) is 5.36. The quantitative estimate of drug-likeness (QED) is 0.845. The molecule has 1 aliphatic carbocycles. The largest absolute Gasteiger partial charge is 0.314 e. The maximum atomic E-state index is 4.06. The molecule has 2 aliphatic rings. The van der Waals surface area contributed by atoms with Crippen LogP contribution in [0.2, 0.25) is 0 Å². The minimum absolute atomic E-state index is 0.525. The van der Waals surface area contributed by atoms with E-state index in [2.05, 4.69) is 42.0 Å². The molecule has 0 bridgehead atoms. The van der Waals surface area contributed by atoms with Crippen LogP contribution in [0.5, 0.6) is 0 Å². The highest BCUT2D eigenvalue weighted by Gasteiger charge is 2.34. The first-order valence-electron chi connectivity index (χ1n) is 8.78. The average molecular weight is 307 g/mol. The summed E-state index contributed by atoms with van der Waals surface area (Å²) >= 11 is 1.90. The van der Waals surface area contributed by atoms with Crippen molar-refractivity contribution in [2.24, 2.45) is 11.8 Å². The van der Waals surface area contributed by atoms with Crippen molar-refractivity contribution >= 4 is 11.3 Å². The summed E-state index contributed by atoms with van der Waals surface area (Å²) in [5.74, 6) is 1.49. The zero-order valence-electron chi connectivity index (χ0n) is 13.5. The van der Waals surface area contributed by atoms with Gasteiger partial charge in [-0.15, -0.1) is 11.3 Å². The Morgan fingerprint density at radius 3 is 2.71 bits per heavy atom. The molecule has 3 rings (SSSR count). The summed E-state index contributed by atoms with van der Waals surface area (Å²) in [6.45, 7) is 5.93. The maximum absolute atomic E-state index is 4.06. The second-order valence-electron chi connectivity index (χ2n) is 7.16. The van der Waals surface area contributed by atoms with Gasteiger partial charge < -0.3 is 10.6 Å². The van der Waals surface area contributed by atoms with Gasteiger partial charge >= 0.3 is 0 Å². The molecule has 0 radical (unpaired) electrons. The van der Waals surface area contributed by atoms with Crippen LogP contribution in [0.15, 0.2) is 17.5 Å². The van der Waals surface area contributed by atoms with Crippen LogP contribution in [-0.4, -0.2) is 18.6 Å². The molecule has 1 saturated carbocycles. The number of hydrogen-bond donors (Lipinski definition) is 2. The topological polar surface area (TPSA) is 24.1 Å². The van der Waals surface area contributed by atoms with Gasteiger partial charge in [-0.05, 0) is 55.5 Å². The Hall–Kier alpha value is -0.380. The minimum atomic E-state index is 0.525. The second-order valence-corrected chi connectivity index (χ2v) is 8.14. The SMILES string of the molecule is CC(C)C(NC1CCCCC1C1CCCN1)c1cccs1. The minimum Gasteiger partial charge on any atom is -0.314 e. The molecule has 4 unspecified atom stereocenters. The van der Waals surface area contributed by atoms with E-state index in [9.17, 15) is 0 Å². The maximum Gasteiger partial charge on any atom is 0.0440 e. The Bertz CT molecular complexity index is 409. The molecule has 0 aromatic carbocycles. The van der Waals surface area contributed by atoms with Gasteiger partial charge in [0.05, 0.1) is 0 Å². The van der Waals surface area contributed by atoms with E-state index >= 15 is 0 Å². The number of hydrogen-bond acceptors (Lipinski definition) is 3. The second kappa shape index (κ2) is 7.26. The number of thiophene rings is 1. The molecular weight excluding hydrogens is 276 g/mol. The van der Waals surface area contributed by atoms with Crippen LogP contribution in [0.25, 0.3) is 0 Å². The van der Waals surface area contributed by atoms with Crippen LogP contribution in [0.3, 0.4) is 0 Å². The fraction of sp³-hybridized carbons (Fsp3) is 0.778. The molecule has 2 heterocycles. The lowest BCUT2D eigenvalue weighted by molar-refractivity contribution is 0.189. The molecule has 4 atom stereocenters. The van der Waals surface area contributed by atoms with E-state index in [4.69, 9.17) is 0 Å². The van der Waals surface area contributed by atoms with E-state index in [-0.39, 0.29) is 0 Å². The summed E-state index contributed by atoms with van der Waals surface area (Å²) in [5.41, 5.74) is 0. The smallest absolute Gasteiger partial charge is 0.0440 e. The summed E-state index contributed by atoms with van der Waals surface area (Å²) < 4.78 is 0. The first-order valence-corrected chi connectivity index (χ1v) is 9.66. The van der Waals surface area contributed by atoms with Gasteiger partial charge in [0.2, 0.25) is 0 Å². The summed E-state index contributed by atoms with van der Waals surface area (Å²) in [5, 5.41) is 10.0. The molecule has 1 aliphatic heterocycles. The van der Waals surface area contributed by atoms with Gasteiger partial charge in [0, 0.05) is 23.0 Å². The Morgan fingerprint density at radius 1 is 1.19 bits per heavy atom. The van der Waals surface area contributed by atoms with Gasteiger partial charge in [-0.2, -0.15) is 0 Å². The molecule has 1 aromatic rings. The molecule has 0 spiro atoms. The highest BCUT2D eigenvalue weighted by molar-refractivity contribution is 7.10. The Balaban J connectivity index is 1.70. The van der Waals surface area contributed by atoms with Crippen LogP contribution in [0, 0.1) is 11.8 Å². The predicted molar refractivity (Wildman–Crippen MR) is 91.8 cm³/mol. The molecule has 1 aromatic heterocycles. The fourth-order valence-electron chi connectivity index (χ4n) is 4.23. The fourth-order valence-corrected chi connectivity index (χ4v) is 5.19. The van der Waals surface area contributed by atoms with Crippen LogP contribution in [0.4, 0.5) is 0 Å². The van der Waals surface area contributed by atoms with Gasteiger partial charge in [0.25, 0.3) is 0 Å². The van der Waals surface area contributed by atoms with Crippen molar-refractivity contribution in [3.63, 3.8) is 0 Å². The van der Waals surface area contributed by atoms with Crippen molar-refractivity contribution < 1.29 is 0 Å². The zero-order valence-corrected chi connectivity index (χ0v) is 14.3. The zero-order chi connectivity index (χ0) is 14.7. The molecule has 2 fully saturated rings. The highest BCUT2D eigenvalue weighted by Crippen LogP contribution is 2.34. The monoisotopic (exact) mass is 306 g/mol. The lowest BCUT2D eigenvalue weighted by Crippen LogP contribution is -2.48. The molecule has 1 saturated heterocycles. The van der Waals surface area contributed by atoms with Crippen LogP contribution >= 0.6 is 11.3 Å². The van der Waals surface area contributed by atoms with Crippen molar-refractivity contribution in [3.05, 3.63) is 22.4 Å². The third-order valence-corrected chi connectivity index (χ3v) is 6.30. The van der Waals surface area contributed by atoms with Gasteiger partial charge in [-0.3, -0.25) is 0 Å². The number of rotatable bonds is 5. The van der Waals surface area contributed by atoms with Crippen LogP contribution < -0.4 is 10.6 Å². The molecule has 2 nitrogen and oxygen atoms in total. The summed E-state index contributed by atoms with van der Waals surface area (Å²) in [6, 6.07) is 6.47. The van der Waals surface area contributed by atoms with Gasteiger partial charge in [-0.25, -0.2) is 0 Å². The number of nitrogens with one attached hydrogen (secondary N) is 2. The Labute approximate surface area is 133 Å². The van der Waals surface area contributed by atoms with E-state index in [1.54, 1.807) is 0 Å². The first kappa shape index (κ1) is 15.5. The standard InChI is InChI=1S/C18H30N2S/c1-13(2)18(17-10-6-12-21-17)20-16-8-4-3-7-14(16)15-9-5-11-19-15/h6,10,12-16,18-20H,3-5,7-9,11H2,1-2H3. The Morgan fingerprint density at radius 2 is 2.05 bits per heavy atom. The first-order chi connectivity index (χ1) is 10.3. The van der Waals surface area contributed by atoms with Crippen molar-refractivity contribution in [2.45, 2.75) is 70.5 Å². The summed E-state index contributed by atoms with van der Waals surface area (Å²) in [7, 11) is 0. The average Bonchev–Trinajstić information content (AvgIpc) is 3.18. The predicted octanol–water partition coefficient (Wildman–Crippen LogP) is 4.35. The van der Waals surface area contributed by atoms with E-state index in [0.717, 1.165) is 12.0 Å². The highest BCUT2D eigenvalue weighted by atomic mass is 32.1. The molecule has 3 heteroatoms. The van der Waals surface area contributed by atoms with Crippen molar-refractivity contribution in [3.8, 4) is 0 Å². The third kappa shape index (κ3) is 3.69. The van der Waals surface area contributed by atoms with Crippen LogP contribution in [-0.2, 0) is 0 Å². The lowest BCUT2D eigenvalue weighted by atomic mass is 9.78. The molecule has 118 valence electrons. The van der Waals surface area contributed by atoms with E-state index in [0.29, 0.717) is 18.0 Å². The van der Waals surface area contributed by atoms with E-state index in [1.807, 2.05) is 11.3 Å². The third-order valence-electron chi connectivity index (χ3n) is 5.34. The van der Waals surface area contributed by atoms with Gasteiger partial charge in [-0.1, -0.05) is 32.8 Å². The van der Waals surface area contributed by atoms with Crippen LogP contribution in [0.1, 0.15) is 63.3 Å². The summed E-state index contributed by atoms with van der Waals surface area (Å²) in [4.78, 5) is 1.51. The van der Waals surface area contributed by atoms with E-state index < -0.39 is 0 Å². The van der Waals surface area contributed by atoms with Crippen molar-refractivity contribution in [1.82, 2.24) is 10.6 Å². The normalized spacial score (nSPS) is 31.7. The van der Waals surface area contributed by atoms with Gasteiger partial charge in [0.15, 0.2) is 0 Å². The molecule has 21 heavy (non-hydrogen) atoms. The lowest BCUT2D eigenvalue weighted by Gasteiger charge is -2.39. The molecule has 0 amide bonds. The van der Waals surface area contributed by atoms with Crippen molar-refractivity contribution in [1.29, 1.82) is 0 Å². The van der Waals surface area contributed by atoms with E-state index in [1.165, 1.54) is 49.9 Å². The van der Waals surface area contributed by atoms with Crippen molar-refractivity contribution in [2.75, 3.05) is 6.54 Å². The molecule has 2 N–H and O–H groups in total.